The summed E-state index contributed by atoms with van der Waals surface area (Å²) < 4.78 is 11.5. The molecule has 2 heterocycles. The molecule has 1 amide bonds. The molecule has 0 atom stereocenters. The number of anilines is 1. The Balaban J connectivity index is 1.29. The minimum atomic E-state index is -0.600. The van der Waals surface area contributed by atoms with Gasteiger partial charge in [-0.2, -0.15) is 0 Å². The van der Waals surface area contributed by atoms with E-state index in [0.29, 0.717) is 39.1 Å². The first-order chi connectivity index (χ1) is 18.3. The number of aryl methyl sites for hydroxylation is 1. The highest BCUT2D eigenvalue weighted by Crippen LogP contribution is 2.31. The second-order valence-electron chi connectivity index (χ2n) is 8.25. The van der Waals surface area contributed by atoms with Gasteiger partial charge in [0.2, 0.25) is 5.89 Å². The Hall–Kier alpha value is -4.54. The monoisotopic (exact) mass is 546 g/mol. The van der Waals surface area contributed by atoms with Gasteiger partial charge >= 0.3 is 0 Å². The molecular weight excluding hydrogens is 528 g/mol. The Labute approximate surface area is 226 Å². The molecule has 2 aromatic heterocycles. The van der Waals surface area contributed by atoms with Crippen LogP contribution in [0.15, 0.2) is 81.6 Å². The fraction of sp³-hybridized carbons (Fsp3) is 0.0741. The van der Waals surface area contributed by atoms with Crippen molar-refractivity contribution in [3.8, 4) is 22.8 Å². The first kappa shape index (κ1) is 25.1. The van der Waals surface area contributed by atoms with Crippen LogP contribution in [0.5, 0.6) is 0 Å². The van der Waals surface area contributed by atoms with Crippen molar-refractivity contribution >= 4 is 57.3 Å². The average Bonchev–Trinajstić information content (AvgIpc) is 3.57. The highest BCUT2D eigenvalue weighted by Gasteiger charge is 2.17. The van der Waals surface area contributed by atoms with Gasteiger partial charge in [-0.05, 0) is 66.7 Å². The van der Waals surface area contributed by atoms with Crippen LogP contribution in [0.3, 0.4) is 0 Å². The molecule has 0 saturated carbocycles. The molecule has 0 bridgehead atoms. The van der Waals surface area contributed by atoms with E-state index < -0.39 is 10.8 Å². The number of hydrogen-bond acceptors (Lipinski definition) is 7. The van der Waals surface area contributed by atoms with Crippen LogP contribution in [0.25, 0.3) is 33.9 Å². The van der Waals surface area contributed by atoms with Crippen molar-refractivity contribution in [1.29, 1.82) is 0 Å². The Morgan fingerprint density at radius 1 is 1.05 bits per heavy atom. The maximum absolute atomic E-state index is 12.7. The van der Waals surface area contributed by atoms with Crippen molar-refractivity contribution in [1.82, 2.24) is 10.3 Å². The summed E-state index contributed by atoms with van der Waals surface area (Å²) in [5.41, 5.74) is 4.09. The molecule has 190 valence electrons. The molecule has 3 aromatic carbocycles. The van der Waals surface area contributed by atoms with E-state index in [1.165, 1.54) is 24.3 Å². The number of oxazole rings is 1. The molecule has 0 fully saturated rings. The number of benzene rings is 3. The number of halogens is 1. The zero-order valence-electron chi connectivity index (χ0n) is 19.9. The maximum Gasteiger partial charge on any atom is 0.293 e. The zero-order chi connectivity index (χ0) is 26.8. The van der Waals surface area contributed by atoms with Crippen molar-refractivity contribution in [2.24, 2.45) is 0 Å². The maximum atomic E-state index is 12.7. The van der Waals surface area contributed by atoms with Crippen LogP contribution in [-0.4, -0.2) is 20.9 Å². The van der Waals surface area contributed by atoms with Gasteiger partial charge in [0, 0.05) is 23.3 Å². The highest BCUT2D eigenvalue weighted by molar-refractivity contribution is 7.80. The number of carbonyl (C=O) groups is 1. The predicted molar refractivity (Wildman–Crippen MR) is 148 cm³/mol. The van der Waals surface area contributed by atoms with Gasteiger partial charge in [-0.1, -0.05) is 36.7 Å². The fourth-order valence-corrected chi connectivity index (χ4v) is 4.14. The van der Waals surface area contributed by atoms with Gasteiger partial charge in [0.25, 0.3) is 11.6 Å². The number of nitro benzene ring substituents is 1. The predicted octanol–water partition coefficient (Wildman–Crippen LogP) is 7.01. The Morgan fingerprint density at radius 2 is 1.89 bits per heavy atom. The molecule has 5 rings (SSSR count). The molecule has 11 heteroatoms. The minimum absolute atomic E-state index is 0.00694. The first-order valence-electron chi connectivity index (χ1n) is 11.5. The van der Waals surface area contributed by atoms with Gasteiger partial charge < -0.3 is 14.2 Å². The number of fused-ring (bicyclic) bond motifs is 1. The van der Waals surface area contributed by atoms with Crippen molar-refractivity contribution in [3.63, 3.8) is 0 Å². The van der Waals surface area contributed by atoms with Crippen molar-refractivity contribution in [3.05, 3.63) is 99.3 Å². The number of carbonyl (C=O) groups excluding carboxylic acids is 1. The SMILES string of the molecule is CCc1ccc2oc(-c3ccc(Cl)c(NC(=S)NC(=O)c4ccc(-c5cccc([N+](=O)[O-])c5)o4)c3)nc2c1. The van der Waals surface area contributed by atoms with Gasteiger partial charge in [0.1, 0.15) is 11.3 Å². The van der Waals surface area contributed by atoms with Gasteiger partial charge in [-0.3, -0.25) is 20.2 Å². The number of non-ortho nitro benzene ring substituents is 1. The molecule has 0 unspecified atom stereocenters. The van der Waals surface area contributed by atoms with Crippen LogP contribution in [0.4, 0.5) is 11.4 Å². The normalized spacial score (nSPS) is 10.9. The van der Waals surface area contributed by atoms with E-state index in [2.05, 4.69) is 22.5 Å². The summed E-state index contributed by atoms with van der Waals surface area (Å²) in [6.07, 6.45) is 0.893. The standard InChI is InChI=1S/C27H19ClN4O5S/c1-2-15-6-9-23-21(12-15)29-26(37-23)17-7-8-19(28)20(14-17)30-27(38)31-25(33)24-11-10-22(36-24)16-4-3-5-18(13-16)32(34)35/h3-14H,2H2,1H3,(H2,30,31,33,38). The van der Waals surface area contributed by atoms with Gasteiger partial charge in [-0.25, -0.2) is 4.98 Å². The molecule has 5 aromatic rings. The molecular formula is C27H19ClN4O5S. The number of thiocarbonyl (C=S) groups is 1. The van der Waals surface area contributed by atoms with Gasteiger partial charge in [-0.15, -0.1) is 0 Å². The van der Waals surface area contributed by atoms with E-state index in [4.69, 9.17) is 32.7 Å². The molecule has 2 N–H and O–H groups in total. The molecule has 9 nitrogen and oxygen atoms in total. The zero-order valence-corrected chi connectivity index (χ0v) is 21.4. The van der Waals surface area contributed by atoms with Gasteiger partial charge in [0.15, 0.2) is 16.5 Å². The third-order valence-electron chi connectivity index (χ3n) is 5.72. The summed E-state index contributed by atoms with van der Waals surface area (Å²) in [6, 6.07) is 20.0. The Bertz CT molecular complexity index is 1710. The summed E-state index contributed by atoms with van der Waals surface area (Å²) >= 11 is 11.7. The molecule has 0 aliphatic rings. The Morgan fingerprint density at radius 3 is 2.68 bits per heavy atom. The van der Waals surface area contributed by atoms with E-state index in [0.717, 1.165) is 17.5 Å². The average molecular weight is 547 g/mol. The number of amides is 1. The lowest BCUT2D eigenvalue weighted by atomic mass is 10.1. The number of rotatable bonds is 6. The third-order valence-corrected chi connectivity index (χ3v) is 6.25. The smallest absolute Gasteiger partial charge is 0.293 e. The third kappa shape index (κ3) is 5.26. The van der Waals surface area contributed by atoms with Crippen molar-refractivity contribution in [2.45, 2.75) is 13.3 Å². The summed E-state index contributed by atoms with van der Waals surface area (Å²) in [7, 11) is 0. The number of nitro groups is 1. The Kier molecular flexibility index (Phi) is 6.91. The summed E-state index contributed by atoms with van der Waals surface area (Å²) in [5, 5.41) is 16.9. The molecule has 0 saturated heterocycles. The molecule has 0 aliphatic carbocycles. The van der Waals surface area contributed by atoms with E-state index in [9.17, 15) is 14.9 Å². The molecule has 0 radical (unpaired) electrons. The topological polar surface area (TPSA) is 123 Å². The van der Waals surface area contributed by atoms with Gasteiger partial charge in [0.05, 0.1) is 15.6 Å². The van der Waals surface area contributed by atoms with Crippen LogP contribution in [-0.2, 0) is 6.42 Å². The fourth-order valence-electron chi connectivity index (χ4n) is 3.78. The largest absolute Gasteiger partial charge is 0.451 e. The van der Waals surface area contributed by atoms with Crippen molar-refractivity contribution in [2.75, 3.05) is 5.32 Å². The lowest BCUT2D eigenvalue weighted by Gasteiger charge is -2.11. The second-order valence-corrected chi connectivity index (χ2v) is 9.06. The number of hydrogen-bond donors (Lipinski definition) is 2. The van der Waals surface area contributed by atoms with E-state index in [-0.39, 0.29) is 16.6 Å². The first-order valence-corrected chi connectivity index (χ1v) is 12.3. The number of nitrogens with zero attached hydrogens (tertiary/aromatic N) is 2. The van der Waals surface area contributed by atoms with Crippen LogP contribution in [0.1, 0.15) is 23.0 Å². The number of nitrogens with one attached hydrogen (secondary N) is 2. The highest BCUT2D eigenvalue weighted by atomic mass is 35.5. The molecule has 38 heavy (non-hydrogen) atoms. The van der Waals surface area contributed by atoms with Crippen LogP contribution < -0.4 is 10.6 Å². The summed E-state index contributed by atoms with van der Waals surface area (Å²) in [4.78, 5) is 27.8. The summed E-state index contributed by atoms with van der Waals surface area (Å²) in [5.74, 6) is 0.107. The molecule has 0 aliphatic heterocycles. The summed E-state index contributed by atoms with van der Waals surface area (Å²) in [6.45, 7) is 2.07. The van der Waals surface area contributed by atoms with Crippen LogP contribution >= 0.6 is 23.8 Å². The lowest BCUT2D eigenvalue weighted by Crippen LogP contribution is -2.34. The number of aromatic nitrogens is 1. The van der Waals surface area contributed by atoms with E-state index in [1.54, 1.807) is 30.3 Å². The second kappa shape index (κ2) is 10.4. The van der Waals surface area contributed by atoms with Crippen LogP contribution in [0, 0.1) is 10.1 Å². The van der Waals surface area contributed by atoms with Crippen LogP contribution in [0.2, 0.25) is 5.02 Å². The number of furan rings is 1. The lowest BCUT2D eigenvalue weighted by molar-refractivity contribution is -0.384. The van der Waals surface area contributed by atoms with E-state index in [1.807, 2.05) is 18.2 Å². The quantitative estimate of drug-likeness (QED) is 0.132. The minimum Gasteiger partial charge on any atom is -0.451 e. The van der Waals surface area contributed by atoms with Crippen molar-refractivity contribution < 1.29 is 18.6 Å². The molecule has 0 spiro atoms. The van der Waals surface area contributed by atoms with E-state index >= 15 is 0 Å².